The van der Waals surface area contributed by atoms with E-state index in [1.807, 2.05) is 0 Å². The first kappa shape index (κ1) is 13.0. The zero-order valence-electron chi connectivity index (χ0n) is 9.96. The van der Waals surface area contributed by atoms with Gasteiger partial charge in [-0.1, -0.05) is 6.92 Å². The normalized spacial score (nSPS) is 14.2. The van der Waals surface area contributed by atoms with Crippen LogP contribution in [0, 0.1) is 0 Å². The fourth-order valence-corrected chi connectivity index (χ4v) is 1.74. The van der Waals surface area contributed by atoms with E-state index < -0.39 is 0 Å². The number of hydrogen-bond donors (Lipinski definition) is 1. The van der Waals surface area contributed by atoms with E-state index in [0.29, 0.717) is 17.7 Å². The summed E-state index contributed by atoms with van der Waals surface area (Å²) in [4.78, 5) is 8.38. The van der Waals surface area contributed by atoms with Gasteiger partial charge in [-0.25, -0.2) is 4.98 Å². The molecule has 0 aliphatic carbocycles. The standard InChI is InChI=1S/C11H18ClN3O/c1-4-11(2,6-7-12)15-10-13-8-5-9(14-10)16-3/h5,8H,4,6-7H2,1-3H3,(H,13,14,15). The number of rotatable bonds is 6. The summed E-state index contributed by atoms with van der Waals surface area (Å²) in [6.45, 7) is 4.22. The minimum Gasteiger partial charge on any atom is -0.481 e. The average molecular weight is 244 g/mol. The summed E-state index contributed by atoms with van der Waals surface area (Å²) in [6.07, 6.45) is 3.50. The van der Waals surface area contributed by atoms with Crippen LogP contribution in [0.3, 0.4) is 0 Å². The summed E-state index contributed by atoms with van der Waals surface area (Å²) in [5.41, 5.74) is -0.0753. The summed E-state index contributed by atoms with van der Waals surface area (Å²) >= 11 is 5.78. The van der Waals surface area contributed by atoms with Crippen molar-refractivity contribution < 1.29 is 4.74 Å². The van der Waals surface area contributed by atoms with Crippen molar-refractivity contribution in [3.05, 3.63) is 12.3 Å². The number of alkyl halides is 1. The van der Waals surface area contributed by atoms with Gasteiger partial charge < -0.3 is 10.1 Å². The Morgan fingerprint density at radius 3 is 2.88 bits per heavy atom. The molecular formula is C11H18ClN3O. The highest BCUT2D eigenvalue weighted by molar-refractivity contribution is 6.17. The molecule has 16 heavy (non-hydrogen) atoms. The fraction of sp³-hybridized carbons (Fsp3) is 0.636. The number of methoxy groups -OCH3 is 1. The van der Waals surface area contributed by atoms with E-state index in [0.717, 1.165) is 12.8 Å². The SMILES string of the molecule is CCC(C)(CCCl)Nc1nccc(OC)n1. The van der Waals surface area contributed by atoms with Crippen LogP contribution in [-0.2, 0) is 0 Å². The van der Waals surface area contributed by atoms with Crippen LogP contribution in [-0.4, -0.2) is 28.5 Å². The Morgan fingerprint density at radius 2 is 2.31 bits per heavy atom. The Bertz CT molecular complexity index is 335. The van der Waals surface area contributed by atoms with Crippen molar-refractivity contribution >= 4 is 17.5 Å². The molecule has 0 radical (unpaired) electrons. The number of hydrogen-bond acceptors (Lipinski definition) is 4. The highest BCUT2D eigenvalue weighted by Gasteiger charge is 2.22. The number of ether oxygens (including phenoxy) is 1. The van der Waals surface area contributed by atoms with Crippen molar-refractivity contribution in [2.24, 2.45) is 0 Å². The van der Waals surface area contributed by atoms with E-state index in [9.17, 15) is 0 Å². The molecule has 0 fully saturated rings. The third kappa shape index (κ3) is 3.52. The lowest BCUT2D eigenvalue weighted by Crippen LogP contribution is -2.35. The van der Waals surface area contributed by atoms with Gasteiger partial charge in [0.1, 0.15) is 0 Å². The van der Waals surface area contributed by atoms with Crippen LogP contribution in [0.15, 0.2) is 12.3 Å². The van der Waals surface area contributed by atoms with E-state index in [4.69, 9.17) is 16.3 Å². The maximum Gasteiger partial charge on any atom is 0.226 e. The zero-order valence-corrected chi connectivity index (χ0v) is 10.7. The van der Waals surface area contributed by atoms with Crippen LogP contribution in [0.2, 0.25) is 0 Å². The van der Waals surface area contributed by atoms with Gasteiger partial charge in [-0.15, -0.1) is 11.6 Å². The van der Waals surface area contributed by atoms with Gasteiger partial charge in [-0.05, 0) is 19.8 Å². The number of halogens is 1. The molecule has 1 N–H and O–H groups in total. The van der Waals surface area contributed by atoms with Crippen LogP contribution in [0.1, 0.15) is 26.7 Å². The largest absolute Gasteiger partial charge is 0.481 e. The van der Waals surface area contributed by atoms with Crippen molar-refractivity contribution in [3.63, 3.8) is 0 Å². The monoisotopic (exact) mass is 243 g/mol. The van der Waals surface area contributed by atoms with Crippen LogP contribution >= 0.6 is 11.6 Å². The molecule has 0 saturated carbocycles. The van der Waals surface area contributed by atoms with Gasteiger partial charge in [-0.2, -0.15) is 4.98 Å². The zero-order chi connectivity index (χ0) is 12.0. The van der Waals surface area contributed by atoms with Crippen molar-refractivity contribution in [2.45, 2.75) is 32.2 Å². The average Bonchev–Trinajstić information content (AvgIpc) is 2.29. The molecule has 0 amide bonds. The number of aromatic nitrogens is 2. The third-order valence-corrected chi connectivity index (χ3v) is 2.87. The summed E-state index contributed by atoms with van der Waals surface area (Å²) in [6, 6.07) is 1.72. The molecule has 0 aliphatic rings. The van der Waals surface area contributed by atoms with Gasteiger partial charge in [0.05, 0.1) is 7.11 Å². The minimum absolute atomic E-state index is 0.0753. The quantitative estimate of drug-likeness (QED) is 0.781. The molecule has 0 aliphatic heterocycles. The Balaban J connectivity index is 2.77. The van der Waals surface area contributed by atoms with Gasteiger partial charge >= 0.3 is 0 Å². The first-order valence-electron chi connectivity index (χ1n) is 5.34. The molecule has 0 bridgehead atoms. The van der Waals surface area contributed by atoms with E-state index in [1.165, 1.54) is 0 Å². The summed E-state index contributed by atoms with van der Waals surface area (Å²) in [7, 11) is 1.59. The molecule has 90 valence electrons. The fourth-order valence-electron chi connectivity index (χ4n) is 1.32. The molecule has 4 nitrogen and oxygen atoms in total. The van der Waals surface area contributed by atoms with Crippen molar-refractivity contribution in [3.8, 4) is 5.88 Å². The smallest absolute Gasteiger partial charge is 0.226 e. The highest BCUT2D eigenvalue weighted by Crippen LogP contribution is 2.21. The third-order valence-electron chi connectivity index (χ3n) is 2.68. The van der Waals surface area contributed by atoms with Crippen molar-refractivity contribution in [2.75, 3.05) is 18.3 Å². The lowest BCUT2D eigenvalue weighted by Gasteiger charge is -2.28. The van der Waals surface area contributed by atoms with Crippen molar-refractivity contribution in [1.29, 1.82) is 0 Å². The second-order valence-electron chi connectivity index (χ2n) is 3.90. The maximum absolute atomic E-state index is 5.78. The van der Waals surface area contributed by atoms with Gasteiger partial charge in [0.25, 0.3) is 0 Å². The molecule has 1 rings (SSSR count). The van der Waals surface area contributed by atoms with Gasteiger partial charge in [0.2, 0.25) is 11.8 Å². The Hall–Kier alpha value is -1.03. The Morgan fingerprint density at radius 1 is 1.56 bits per heavy atom. The minimum atomic E-state index is -0.0753. The molecule has 5 heteroatoms. The second kappa shape index (κ2) is 5.89. The first-order chi connectivity index (χ1) is 7.63. The topological polar surface area (TPSA) is 47.0 Å². The number of nitrogens with one attached hydrogen (secondary N) is 1. The number of nitrogens with zero attached hydrogens (tertiary/aromatic N) is 2. The molecule has 1 aromatic heterocycles. The molecule has 0 spiro atoms. The second-order valence-corrected chi connectivity index (χ2v) is 4.28. The van der Waals surface area contributed by atoms with Crippen molar-refractivity contribution in [1.82, 2.24) is 9.97 Å². The lowest BCUT2D eigenvalue weighted by atomic mass is 9.96. The first-order valence-corrected chi connectivity index (χ1v) is 5.88. The van der Waals surface area contributed by atoms with Crippen LogP contribution in [0.5, 0.6) is 5.88 Å². The van der Waals surface area contributed by atoms with E-state index in [1.54, 1.807) is 19.4 Å². The highest BCUT2D eigenvalue weighted by atomic mass is 35.5. The molecule has 0 saturated heterocycles. The molecule has 1 aromatic rings. The number of anilines is 1. The Labute approximate surface area is 101 Å². The predicted molar refractivity (Wildman–Crippen MR) is 66.2 cm³/mol. The lowest BCUT2D eigenvalue weighted by molar-refractivity contribution is 0.396. The molecule has 1 atom stereocenters. The predicted octanol–water partition coefficient (Wildman–Crippen LogP) is 2.69. The summed E-state index contributed by atoms with van der Waals surface area (Å²) in [5.74, 6) is 1.75. The molecular weight excluding hydrogens is 226 g/mol. The van der Waals surface area contributed by atoms with E-state index >= 15 is 0 Å². The Kier molecular flexibility index (Phi) is 4.80. The molecule has 1 heterocycles. The van der Waals surface area contributed by atoms with Crippen LogP contribution in [0.25, 0.3) is 0 Å². The van der Waals surface area contributed by atoms with Crippen LogP contribution < -0.4 is 10.1 Å². The van der Waals surface area contributed by atoms with Gasteiger partial charge in [0.15, 0.2) is 0 Å². The molecule has 0 aromatic carbocycles. The molecule has 1 unspecified atom stereocenters. The maximum atomic E-state index is 5.78. The van der Waals surface area contributed by atoms with Crippen LogP contribution in [0.4, 0.5) is 5.95 Å². The van der Waals surface area contributed by atoms with E-state index in [-0.39, 0.29) is 5.54 Å². The summed E-state index contributed by atoms with van der Waals surface area (Å²) in [5, 5.41) is 3.29. The van der Waals surface area contributed by atoms with Gasteiger partial charge in [-0.3, -0.25) is 0 Å². The summed E-state index contributed by atoms with van der Waals surface area (Å²) < 4.78 is 5.05. The van der Waals surface area contributed by atoms with Gasteiger partial charge in [0, 0.05) is 23.7 Å². The van der Waals surface area contributed by atoms with E-state index in [2.05, 4.69) is 29.1 Å².